The number of likely N-dealkylation sites (tertiary alicyclic amines) is 1. The van der Waals surface area contributed by atoms with Gasteiger partial charge in [-0.15, -0.1) is 0 Å². The molecule has 1 N–H and O–H groups in total. The number of aliphatic hydroxyl groups is 1. The van der Waals surface area contributed by atoms with E-state index < -0.39 is 0 Å². The highest BCUT2D eigenvalue weighted by Crippen LogP contribution is 2.22. The molecule has 1 aromatic rings. The van der Waals surface area contributed by atoms with Crippen molar-refractivity contribution in [2.24, 2.45) is 0 Å². The van der Waals surface area contributed by atoms with Crippen molar-refractivity contribution in [1.29, 1.82) is 0 Å². The van der Waals surface area contributed by atoms with Gasteiger partial charge in [0.05, 0.1) is 0 Å². The minimum Gasteiger partial charge on any atom is -0.396 e. The minimum absolute atomic E-state index is 0.0229. The SMILES string of the molecule is O=C(c1ccnc(Cl)c1)N1CCCC1CCO. The standard InChI is InChI=1S/C12H15ClN2O2/c13-11-8-9(3-5-14-11)12(17)15-6-1-2-10(15)4-7-16/h3,5,8,10,16H,1-2,4,6-7H2. The van der Waals surface area contributed by atoms with Crippen LogP contribution >= 0.6 is 11.6 Å². The lowest BCUT2D eigenvalue weighted by Crippen LogP contribution is -2.36. The summed E-state index contributed by atoms with van der Waals surface area (Å²) in [6.07, 6.45) is 4.14. The first kappa shape index (κ1) is 12.3. The van der Waals surface area contributed by atoms with Gasteiger partial charge < -0.3 is 10.0 Å². The fourth-order valence-electron chi connectivity index (χ4n) is 2.25. The van der Waals surface area contributed by atoms with Gasteiger partial charge in [-0.2, -0.15) is 0 Å². The van der Waals surface area contributed by atoms with Crippen LogP contribution < -0.4 is 0 Å². The van der Waals surface area contributed by atoms with Crippen LogP contribution in [0.5, 0.6) is 0 Å². The summed E-state index contributed by atoms with van der Waals surface area (Å²) in [5.74, 6) is -0.0229. The molecule has 1 unspecified atom stereocenters. The van der Waals surface area contributed by atoms with Crippen molar-refractivity contribution >= 4 is 17.5 Å². The van der Waals surface area contributed by atoms with E-state index in [1.165, 1.54) is 6.20 Å². The number of pyridine rings is 1. The Morgan fingerprint density at radius 1 is 1.65 bits per heavy atom. The second-order valence-corrected chi connectivity index (χ2v) is 4.56. The third kappa shape index (κ3) is 2.76. The fraction of sp³-hybridized carbons (Fsp3) is 0.500. The van der Waals surface area contributed by atoms with Crippen molar-refractivity contribution in [2.75, 3.05) is 13.2 Å². The van der Waals surface area contributed by atoms with Crippen LogP contribution in [-0.2, 0) is 0 Å². The van der Waals surface area contributed by atoms with Gasteiger partial charge in [-0.05, 0) is 31.4 Å². The van der Waals surface area contributed by atoms with Crippen molar-refractivity contribution in [3.05, 3.63) is 29.0 Å². The Morgan fingerprint density at radius 3 is 3.18 bits per heavy atom. The zero-order chi connectivity index (χ0) is 12.3. The van der Waals surface area contributed by atoms with Gasteiger partial charge in [0.2, 0.25) is 0 Å². The molecule has 2 heterocycles. The number of carbonyl (C=O) groups is 1. The van der Waals surface area contributed by atoms with E-state index >= 15 is 0 Å². The number of amides is 1. The first-order valence-electron chi connectivity index (χ1n) is 5.76. The molecular weight excluding hydrogens is 240 g/mol. The summed E-state index contributed by atoms with van der Waals surface area (Å²) in [7, 11) is 0. The van der Waals surface area contributed by atoms with E-state index in [0.29, 0.717) is 17.1 Å². The highest BCUT2D eigenvalue weighted by atomic mass is 35.5. The third-order valence-electron chi connectivity index (χ3n) is 3.07. The summed E-state index contributed by atoms with van der Waals surface area (Å²) in [6, 6.07) is 3.40. The lowest BCUT2D eigenvalue weighted by atomic mass is 10.1. The van der Waals surface area contributed by atoms with Crippen LogP contribution in [0, 0.1) is 0 Å². The first-order valence-corrected chi connectivity index (χ1v) is 6.13. The molecule has 2 rings (SSSR count). The number of nitrogens with zero attached hydrogens (tertiary/aromatic N) is 2. The van der Waals surface area contributed by atoms with Crippen LogP contribution in [0.1, 0.15) is 29.6 Å². The molecule has 1 aliphatic heterocycles. The molecule has 1 atom stereocenters. The maximum Gasteiger partial charge on any atom is 0.254 e. The van der Waals surface area contributed by atoms with Crippen LogP contribution in [0.25, 0.3) is 0 Å². The highest BCUT2D eigenvalue weighted by Gasteiger charge is 2.28. The van der Waals surface area contributed by atoms with Crippen LogP contribution in [-0.4, -0.2) is 40.1 Å². The van der Waals surface area contributed by atoms with Crippen molar-refractivity contribution in [2.45, 2.75) is 25.3 Å². The van der Waals surface area contributed by atoms with Crippen LogP contribution in [0.4, 0.5) is 0 Å². The van der Waals surface area contributed by atoms with Crippen LogP contribution in [0.2, 0.25) is 5.15 Å². The summed E-state index contributed by atoms with van der Waals surface area (Å²) < 4.78 is 0. The summed E-state index contributed by atoms with van der Waals surface area (Å²) in [6.45, 7) is 0.870. The number of hydrogen-bond acceptors (Lipinski definition) is 3. The van der Waals surface area contributed by atoms with Crippen molar-refractivity contribution in [3.63, 3.8) is 0 Å². The molecule has 5 heteroatoms. The number of rotatable bonds is 3. The van der Waals surface area contributed by atoms with Crippen molar-refractivity contribution in [3.8, 4) is 0 Å². The van der Waals surface area contributed by atoms with Gasteiger partial charge in [-0.3, -0.25) is 4.79 Å². The molecule has 4 nitrogen and oxygen atoms in total. The average molecular weight is 255 g/mol. The molecule has 1 aromatic heterocycles. The Morgan fingerprint density at radius 2 is 2.47 bits per heavy atom. The largest absolute Gasteiger partial charge is 0.396 e. The molecule has 1 saturated heterocycles. The van der Waals surface area contributed by atoms with E-state index in [2.05, 4.69) is 4.98 Å². The third-order valence-corrected chi connectivity index (χ3v) is 3.28. The van der Waals surface area contributed by atoms with Crippen molar-refractivity contribution < 1.29 is 9.90 Å². The summed E-state index contributed by atoms with van der Waals surface area (Å²) in [4.78, 5) is 17.9. The van der Waals surface area contributed by atoms with E-state index in [9.17, 15) is 4.79 Å². The van der Waals surface area contributed by atoms with Crippen LogP contribution in [0.3, 0.4) is 0 Å². The molecule has 0 aromatic carbocycles. The zero-order valence-corrected chi connectivity index (χ0v) is 10.2. The Hall–Kier alpha value is -1.13. The maximum absolute atomic E-state index is 12.2. The number of carbonyl (C=O) groups excluding carboxylic acids is 1. The normalized spacial score (nSPS) is 19.6. The molecule has 1 amide bonds. The topological polar surface area (TPSA) is 53.4 Å². The average Bonchev–Trinajstić information content (AvgIpc) is 2.77. The highest BCUT2D eigenvalue weighted by molar-refractivity contribution is 6.29. The van der Waals surface area contributed by atoms with Gasteiger partial charge in [0.15, 0.2) is 0 Å². The second kappa shape index (κ2) is 5.47. The van der Waals surface area contributed by atoms with E-state index in [0.717, 1.165) is 19.4 Å². The maximum atomic E-state index is 12.2. The fourth-order valence-corrected chi connectivity index (χ4v) is 2.43. The summed E-state index contributed by atoms with van der Waals surface area (Å²) in [5.41, 5.74) is 0.565. The monoisotopic (exact) mass is 254 g/mol. The zero-order valence-electron chi connectivity index (χ0n) is 9.47. The predicted molar refractivity (Wildman–Crippen MR) is 65.0 cm³/mol. The van der Waals surface area contributed by atoms with Crippen molar-refractivity contribution in [1.82, 2.24) is 9.88 Å². The predicted octanol–water partition coefficient (Wildman–Crippen LogP) is 1.72. The molecule has 17 heavy (non-hydrogen) atoms. The number of halogens is 1. The number of aliphatic hydroxyl groups excluding tert-OH is 1. The van der Waals surface area contributed by atoms with Gasteiger partial charge >= 0.3 is 0 Å². The Bertz CT molecular complexity index is 411. The van der Waals surface area contributed by atoms with Gasteiger partial charge in [0, 0.05) is 31.0 Å². The second-order valence-electron chi connectivity index (χ2n) is 4.17. The summed E-state index contributed by atoms with van der Waals surface area (Å²) in [5, 5.41) is 9.30. The number of aromatic nitrogens is 1. The molecule has 0 spiro atoms. The van der Waals surface area contributed by atoms with Gasteiger partial charge in [-0.1, -0.05) is 11.6 Å². The molecule has 0 bridgehead atoms. The molecule has 1 aliphatic rings. The first-order chi connectivity index (χ1) is 8.22. The van der Waals surface area contributed by atoms with Gasteiger partial charge in [0.25, 0.3) is 5.91 Å². The van der Waals surface area contributed by atoms with Gasteiger partial charge in [-0.25, -0.2) is 4.98 Å². The van der Waals surface area contributed by atoms with Gasteiger partial charge in [0.1, 0.15) is 5.15 Å². The molecule has 0 saturated carbocycles. The Kier molecular flexibility index (Phi) is 3.97. The molecule has 1 fully saturated rings. The minimum atomic E-state index is -0.0229. The van der Waals surface area contributed by atoms with Crippen LogP contribution in [0.15, 0.2) is 18.3 Å². The lowest BCUT2D eigenvalue weighted by Gasteiger charge is -2.24. The molecule has 0 radical (unpaired) electrons. The number of hydrogen-bond donors (Lipinski definition) is 1. The Labute approximate surface area is 105 Å². The quantitative estimate of drug-likeness (QED) is 0.836. The Balaban J connectivity index is 2.14. The molecule has 92 valence electrons. The lowest BCUT2D eigenvalue weighted by molar-refractivity contribution is 0.0716. The smallest absolute Gasteiger partial charge is 0.254 e. The van der Waals surface area contributed by atoms with E-state index in [1.54, 1.807) is 12.1 Å². The van der Waals surface area contributed by atoms with E-state index in [4.69, 9.17) is 16.7 Å². The van der Waals surface area contributed by atoms with E-state index in [1.807, 2.05) is 4.90 Å². The molecule has 0 aliphatic carbocycles. The molecular formula is C12H15ClN2O2. The summed E-state index contributed by atoms with van der Waals surface area (Å²) >= 11 is 5.77. The van der Waals surface area contributed by atoms with E-state index in [-0.39, 0.29) is 18.6 Å².